The van der Waals surface area contributed by atoms with E-state index in [0.29, 0.717) is 12.2 Å². The summed E-state index contributed by atoms with van der Waals surface area (Å²) >= 11 is 0. The van der Waals surface area contributed by atoms with Gasteiger partial charge in [0, 0.05) is 33.1 Å². The van der Waals surface area contributed by atoms with Crippen LogP contribution in [0.2, 0.25) is 38.3 Å². The van der Waals surface area contributed by atoms with Crippen LogP contribution in [-0.4, -0.2) is 49.7 Å². The Bertz CT molecular complexity index is 323. The fourth-order valence-electron chi connectivity index (χ4n) is 2.21. The summed E-state index contributed by atoms with van der Waals surface area (Å²) in [6.45, 7) is 12.7. The molecular formula is C16H37NO3Si2. The van der Waals surface area contributed by atoms with Crippen molar-refractivity contribution in [2.24, 2.45) is 5.92 Å². The van der Waals surface area contributed by atoms with Crippen molar-refractivity contribution < 1.29 is 13.6 Å². The smallest absolute Gasteiger partial charge is 0.186 e. The van der Waals surface area contributed by atoms with Crippen LogP contribution in [0.15, 0.2) is 0 Å². The van der Waals surface area contributed by atoms with Gasteiger partial charge >= 0.3 is 0 Å². The normalized spacial score (nSPS) is 14.1. The summed E-state index contributed by atoms with van der Waals surface area (Å²) in [7, 11) is 0.657. The van der Waals surface area contributed by atoms with Gasteiger partial charge in [0.2, 0.25) is 0 Å². The molecule has 1 N–H and O–H groups in total. The lowest BCUT2D eigenvalue weighted by molar-refractivity contribution is -0.122. The molecule has 0 aromatic heterocycles. The molecule has 4 nitrogen and oxygen atoms in total. The van der Waals surface area contributed by atoms with Gasteiger partial charge < -0.3 is 14.2 Å². The number of hydrogen-bond donors (Lipinski definition) is 1. The second kappa shape index (κ2) is 10.7. The molecule has 0 radical (unpaired) electrons. The average Bonchev–Trinajstić information content (AvgIpc) is 2.46. The van der Waals surface area contributed by atoms with Gasteiger partial charge in [0.15, 0.2) is 16.6 Å². The fourth-order valence-corrected chi connectivity index (χ4v) is 4.68. The van der Waals surface area contributed by atoms with Crippen LogP contribution in [0, 0.1) is 5.92 Å². The van der Waals surface area contributed by atoms with Crippen molar-refractivity contribution in [2.75, 3.05) is 27.3 Å². The van der Waals surface area contributed by atoms with E-state index in [1.165, 1.54) is 0 Å². The van der Waals surface area contributed by atoms with E-state index in [2.05, 4.69) is 31.5 Å². The zero-order chi connectivity index (χ0) is 17.2. The van der Waals surface area contributed by atoms with E-state index in [1.807, 2.05) is 14.0 Å². The van der Waals surface area contributed by atoms with Crippen LogP contribution in [0.3, 0.4) is 0 Å². The van der Waals surface area contributed by atoms with Crippen LogP contribution in [-0.2, 0) is 13.6 Å². The average molecular weight is 348 g/mol. The highest BCUT2D eigenvalue weighted by Gasteiger charge is 2.22. The molecule has 0 rings (SSSR count). The van der Waals surface area contributed by atoms with E-state index in [-0.39, 0.29) is 5.92 Å². The third-order valence-corrected chi connectivity index (χ3v) is 9.77. The standard InChI is InChI=1S/C16H37NO3Si2/c1-15(14-17-11-9-13-22(6,7)20-3)16(18)10-8-12-21(4,5)19-2/h15,17H,8-14H2,1-7H3. The van der Waals surface area contributed by atoms with Crippen molar-refractivity contribution in [3.63, 3.8) is 0 Å². The monoisotopic (exact) mass is 347 g/mol. The number of carbonyl (C=O) groups excluding carboxylic acids is 1. The molecule has 0 saturated carbocycles. The highest BCUT2D eigenvalue weighted by molar-refractivity contribution is 6.71. The van der Waals surface area contributed by atoms with Gasteiger partial charge in [-0.05, 0) is 57.7 Å². The maximum absolute atomic E-state index is 12.1. The van der Waals surface area contributed by atoms with Crippen LogP contribution in [0.1, 0.15) is 26.2 Å². The van der Waals surface area contributed by atoms with E-state index < -0.39 is 16.6 Å². The van der Waals surface area contributed by atoms with Crippen molar-refractivity contribution in [1.29, 1.82) is 0 Å². The highest BCUT2D eigenvalue weighted by Crippen LogP contribution is 2.15. The SMILES string of the molecule is CO[Si](C)(C)CCCNCC(C)C(=O)CCC[Si](C)(C)OC. The molecular weight excluding hydrogens is 310 g/mol. The van der Waals surface area contributed by atoms with E-state index in [9.17, 15) is 4.79 Å². The third kappa shape index (κ3) is 10.7. The van der Waals surface area contributed by atoms with Crippen LogP contribution < -0.4 is 5.32 Å². The molecule has 132 valence electrons. The summed E-state index contributed by atoms with van der Waals surface area (Å²) in [5.41, 5.74) is 0. The van der Waals surface area contributed by atoms with Gasteiger partial charge in [-0.3, -0.25) is 4.79 Å². The quantitative estimate of drug-likeness (QED) is 0.408. The summed E-state index contributed by atoms with van der Waals surface area (Å²) in [5, 5.41) is 3.41. The largest absolute Gasteiger partial charge is 0.420 e. The van der Waals surface area contributed by atoms with E-state index >= 15 is 0 Å². The Balaban J connectivity index is 3.75. The predicted molar refractivity (Wildman–Crippen MR) is 99.5 cm³/mol. The molecule has 1 unspecified atom stereocenters. The first kappa shape index (κ1) is 22.0. The summed E-state index contributed by atoms with van der Waals surface area (Å²) in [6, 6.07) is 2.22. The van der Waals surface area contributed by atoms with Gasteiger partial charge in [-0.2, -0.15) is 0 Å². The van der Waals surface area contributed by atoms with Crippen molar-refractivity contribution in [2.45, 2.75) is 64.5 Å². The Hall–Kier alpha value is -0.0162. The number of nitrogens with one attached hydrogen (secondary N) is 1. The first-order chi connectivity index (χ1) is 10.1. The van der Waals surface area contributed by atoms with E-state index in [4.69, 9.17) is 8.85 Å². The molecule has 0 aromatic rings. The molecule has 1 atom stereocenters. The third-order valence-electron chi connectivity index (χ3n) is 4.44. The van der Waals surface area contributed by atoms with Gasteiger partial charge in [-0.1, -0.05) is 6.92 Å². The minimum Gasteiger partial charge on any atom is -0.420 e. The molecule has 0 aliphatic carbocycles. The summed E-state index contributed by atoms with van der Waals surface area (Å²) in [4.78, 5) is 12.1. The number of rotatable bonds is 13. The number of ketones is 1. The predicted octanol–water partition coefficient (Wildman–Crippen LogP) is 3.65. The van der Waals surface area contributed by atoms with Gasteiger partial charge in [0.05, 0.1) is 0 Å². The minimum atomic E-state index is -1.51. The van der Waals surface area contributed by atoms with Crippen molar-refractivity contribution >= 4 is 22.4 Å². The Morgan fingerprint density at radius 1 is 1.00 bits per heavy atom. The molecule has 0 aliphatic rings. The number of hydrogen-bond acceptors (Lipinski definition) is 4. The minimum absolute atomic E-state index is 0.111. The molecule has 0 saturated heterocycles. The summed E-state index contributed by atoms with van der Waals surface area (Å²) in [6.07, 6.45) is 2.78. The molecule has 6 heteroatoms. The lowest BCUT2D eigenvalue weighted by Gasteiger charge is -2.20. The zero-order valence-corrected chi connectivity index (χ0v) is 17.8. The first-order valence-electron chi connectivity index (χ1n) is 8.47. The molecule has 0 amide bonds. The molecule has 0 aromatic carbocycles. The topological polar surface area (TPSA) is 47.6 Å². The maximum atomic E-state index is 12.1. The van der Waals surface area contributed by atoms with Gasteiger partial charge in [0.1, 0.15) is 5.78 Å². The van der Waals surface area contributed by atoms with E-state index in [1.54, 1.807) is 7.11 Å². The van der Waals surface area contributed by atoms with Crippen molar-refractivity contribution in [3.8, 4) is 0 Å². The lowest BCUT2D eigenvalue weighted by Crippen LogP contribution is -2.32. The summed E-state index contributed by atoms with van der Waals surface area (Å²) in [5.74, 6) is 0.486. The first-order valence-corrected chi connectivity index (χ1v) is 14.7. The second-order valence-electron chi connectivity index (χ2n) is 7.46. The Labute approximate surface area is 139 Å². The second-order valence-corrected chi connectivity index (χ2v) is 16.3. The number of Topliss-reactive ketones (excluding diaryl/α,β-unsaturated/α-hetero) is 1. The van der Waals surface area contributed by atoms with Crippen LogP contribution in [0.4, 0.5) is 0 Å². The maximum Gasteiger partial charge on any atom is 0.186 e. The number of carbonyl (C=O) groups is 1. The molecule has 0 heterocycles. The van der Waals surface area contributed by atoms with Gasteiger partial charge in [-0.15, -0.1) is 0 Å². The Morgan fingerprint density at radius 3 is 2.00 bits per heavy atom. The molecule has 22 heavy (non-hydrogen) atoms. The summed E-state index contributed by atoms with van der Waals surface area (Å²) < 4.78 is 11.1. The molecule has 0 aliphatic heterocycles. The molecule has 0 spiro atoms. The van der Waals surface area contributed by atoms with Crippen molar-refractivity contribution in [1.82, 2.24) is 5.32 Å². The van der Waals surface area contributed by atoms with E-state index in [0.717, 1.165) is 38.0 Å². The van der Waals surface area contributed by atoms with Crippen LogP contribution in [0.5, 0.6) is 0 Å². The Morgan fingerprint density at radius 2 is 1.50 bits per heavy atom. The molecule has 0 fully saturated rings. The van der Waals surface area contributed by atoms with Gasteiger partial charge in [-0.25, -0.2) is 0 Å². The highest BCUT2D eigenvalue weighted by atomic mass is 28.4. The van der Waals surface area contributed by atoms with Crippen molar-refractivity contribution in [3.05, 3.63) is 0 Å². The zero-order valence-electron chi connectivity index (χ0n) is 15.8. The fraction of sp³-hybridized carbons (Fsp3) is 0.938. The lowest BCUT2D eigenvalue weighted by atomic mass is 10.0. The molecule has 0 bridgehead atoms. The van der Waals surface area contributed by atoms with Crippen LogP contribution >= 0.6 is 0 Å². The van der Waals surface area contributed by atoms with Crippen LogP contribution in [0.25, 0.3) is 0 Å². The Kier molecular flexibility index (Phi) is 10.7. The van der Waals surface area contributed by atoms with Gasteiger partial charge in [0.25, 0.3) is 0 Å².